The first kappa shape index (κ1) is 38.8. The molecule has 0 atom stereocenters. The smallest absolute Gasteiger partial charge is 0.333 e. The van der Waals surface area contributed by atoms with E-state index in [4.69, 9.17) is 4.42 Å². The van der Waals surface area contributed by atoms with Gasteiger partial charge in [0.25, 0.3) is 0 Å². The van der Waals surface area contributed by atoms with Crippen LogP contribution in [0.15, 0.2) is 174 Å². The molecule has 16 rings (SSSR count). The van der Waals surface area contributed by atoms with Gasteiger partial charge >= 0.3 is 6.85 Å². The lowest BCUT2D eigenvalue weighted by Gasteiger charge is -2.52. The van der Waals surface area contributed by atoms with Crippen LogP contribution in [-0.2, 0) is 10.8 Å². The van der Waals surface area contributed by atoms with Gasteiger partial charge in [0.2, 0.25) is 0 Å². The van der Waals surface area contributed by atoms with Gasteiger partial charge in [-0.05, 0) is 126 Å². The Kier molecular flexibility index (Phi) is 7.28. The fourth-order valence-electron chi connectivity index (χ4n) is 14.2. The monoisotopic (exact) mass is 918 g/mol. The minimum Gasteiger partial charge on any atom is -0.456 e. The quantitative estimate of drug-likeness (QED) is 0.153. The molecule has 1 spiro atoms. The highest BCUT2D eigenvalue weighted by atomic mass is 32.1. The van der Waals surface area contributed by atoms with Crippen LogP contribution in [0.5, 0.6) is 0 Å². The molecule has 0 radical (unpaired) electrons. The third-order valence-electron chi connectivity index (χ3n) is 17.4. The molecule has 2 aromatic heterocycles. The number of thiophene rings is 1. The van der Waals surface area contributed by atoms with Crippen molar-refractivity contribution in [2.24, 2.45) is 0 Å². The Morgan fingerprint density at radius 1 is 0.522 bits per heavy atom. The van der Waals surface area contributed by atoms with Crippen LogP contribution in [-0.4, -0.2) is 14.9 Å². The highest BCUT2D eigenvalue weighted by Crippen LogP contribution is 2.55. The van der Waals surface area contributed by atoms with E-state index in [1.165, 1.54) is 126 Å². The predicted molar refractivity (Wildman–Crippen MR) is 297 cm³/mol. The molecule has 0 fully saturated rings. The van der Waals surface area contributed by atoms with Gasteiger partial charge in [-0.2, -0.15) is 0 Å². The van der Waals surface area contributed by atoms with Crippen molar-refractivity contribution in [2.75, 3.05) is 9.71 Å². The minimum absolute atomic E-state index is 0.0379. The van der Waals surface area contributed by atoms with Crippen LogP contribution in [0.2, 0.25) is 0 Å². The van der Waals surface area contributed by atoms with E-state index in [2.05, 4.69) is 214 Å². The molecule has 9 aromatic carbocycles. The number of hydrogen-bond acceptors (Lipinski definition) is 4. The summed E-state index contributed by atoms with van der Waals surface area (Å²) in [5.41, 5.74) is 20.8. The summed E-state index contributed by atoms with van der Waals surface area (Å²) < 4.78 is 9.53. The molecular weight excluding hydrogens is 872 g/mol. The largest absolute Gasteiger partial charge is 0.456 e. The predicted octanol–water partition coefficient (Wildman–Crippen LogP) is 13.0. The molecule has 5 aliphatic rings. The number of aryl methyl sites for hydroxylation is 1. The number of fused-ring (bicyclic) bond motifs is 21. The maximum absolute atomic E-state index is 6.88. The van der Waals surface area contributed by atoms with Crippen LogP contribution in [0.4, 0.5) is 28.4 Å². The van der Waals surface area contributed by atoms with Crippen molar-refractivity contribution >= 4 is 128 Å². The Morgan fingerprint density at radius 3 is 1.94 bits per heavy atom. The highest BCUT2D eigenvalue weighted by Gasteiger charge is 2.58. The first-order valence-electron chi connectivity index (χ1n) is 24.7. The van der Waals surface area contributed by atoms with Gasteiger partial charge in [0, 0.05) is 71.0 Å². The fourth-order valence-corrected chi connectivity index (χ4v) is 21.0. The van der Waals surface area contributed by atoms with E-state index in [1.807, 2.05) is 11.3 Å². The van der Waals surface area contributed by atoms with Gasteiger partial charge in [0.05, 0.1) is 0 Å². The molecule has 0 saturated heterocycles. The topological polar surface area (TPSA) is 19.6 Å². The second-order valence-corrected chi connectivity index (χ2v) is 26.5. The lowest BCUT2D eigenvalue weighted by molar-refractivity contribution is 0.332. The Hall–Kier alpha value is -7.12. The molecule has 0 N–H and O–H groups in total. The average Bonchev–Trinajstić information content (AvgIpc) is 4.02. The Balaban J connectivity index is 1.11. The van der Waals surface area contributed by atoms with Crippen molar-refractivity contribution in [1.82, 2.24) is 0 Å². The van der Waals surface area contributed by atoms with E-state index >= 15 is 0 Å². The third kappa shape index (κ3) is 4.66. The molecule has 3 nitrogen and oxygen atoms in total. The normalized spacial score (nSPS) is 16.9. The molecule has 0 unspecified atom stereocenters. The van der Waals surface area contributed by atoms with E-state index in [-0.39, 0.29) is 17.7 Å². The molecular formula is C63H47BN2OSSi. The van der Waals surface area contributed by atoms with Gasteiger partial charge in [-0.15, -0.1) is 11.3 Å². The lowest BCUT2D eigenvalue weighted by Crippen LogP contribution is -2.78. The van der Waals surface area contributed by atoms with Crippen molar-refractivity contribution in [2.45, 2.75) is 58.3 Å². The van der Waals surface area contributed by atoms with Gasteiger partial charge < -0.3 is 14.1 Å². The fraction of sp³-hybridized carbons (Fsp3) is 0.143. The number of benzene rings is 9. The molecule has 1 aliphatic carbocycles. The Bertz CT molecular complexity index is 4110. The van der Waals surface area contributed by atoms with Gasteiger partial charge in [-0.1, -0.05) is 161 Å². The second-order valence-electron chi connectivity index (χ2n) is 21.8. The average molecular weight is 919 g/mol. The molecule has 11 aromatic rings. The summed E-state index contributed by atoms with van der Waals surface area (Å²) in [5.74, 6) is 0. The summed E-state index contributed by atoms with van der Waals surface area (Å²) in [7, 11) is -2.86. The Morgan fingerprint density at radius 2 is 1.16 bits per heavy atom. The zero-order valence-electron chi connectivity index (χ0n) is 39.4. The molecule has 4 aliphatic heterocycles. The number of para-hydroxylation sites is 3. The van der Waals surface area contributed by atoms with Gasteiger partial charge in [0.1, 0.15) is 11.2 Å². The highest BCUT2D eigenvalue weighted by molar-refractivity contribution is 7.26. The molecule has 69 heavy (non-hydrogen) atoms. The standard InChI is InChI=1S/C63H47BN2OSSi/c1-36-31-43-44(63(4,5)30-29-62(43,2)3)33-47(36)65-48-34-51-42(37-17-6-11-23-50(37)67-51)32-45(48)64-60-49(65)35-53-58(40-20-7-12-24-52(40)68-53)59(60)41-21-16-28-57-61(41)66(64)46-22-10-15-27-56(46)69(57)54-25-13-8-18-38(54)39-19-9-14-26-55(39)69/h6-28,31-35H,29-30H2,1-5H3. The van der Waals surface area contributed by atoms with E-state index in [0.29, 0.717) is 0 Å². The number of anilines is 5. The number of nitrogens with zero attached hydrogens (tertiary/aromatic N) is 2. The summed E-state index contributed by atoms with van der Waals surface area (Å²) >= 11 is 1.94. The molecule has 6 heteroatoms. The van der Waals surface area contributed by atoms with Crippen molar-refractivity contribution < 1.29 is 4.42 Å². The van der Waals surface area contributed by atoms with Crippen LogP contribution in [0.1, 0.15) is 57.2 Å². The summed E-state index contributed by atoms with van der Waals surface area (Å²) in [6.45, 7) is 12.0. The molecule has 6 heterocycles. The van der Waals surface area contributed by atoms with Crippen molar-refractivity contribution in [3.8, 4) is 22.3 Å². The molecule has 0 saturated carbocycles. The van der Waals surface area contributed by atoms with Crippen LogP contribution >= 0.6 is 11.3 Å². The SMILES string of the molecule is Cc1cc2c(cc1N1c3cc4oc5ccccc5c4cc3B3c4c1cc1sc5ccccc5c1c4-c1cccc4c1N3c1ccccc1[Si]41c3ccccc3-c3ccccc31)C(C)(C)CCC2(C)C. The van der Waals surface area contributed by atoms with Gasteiger partial charge in [-0.3, -0.25) is 0 Å². The maximum Gasteiger partial charge on any atom is 0.333 e. The van der Waals surface area contributed by atoms with Crippen LogP contribution in [0.25, 0.3) is 64.4 Å². The first-order chi connectivity index (χ1) is 33.6. The van der Waals surface area contributed by atoms with Crippen LogP contribution in [0, 0.1) is 6.92 Å². The van der Waals surface area contributed by atoms with E-state index in [0.717, 1.165) is 28.4 Å². The van der Waals surface area contributed by atoms with Gasteiger partial charge in [0.15, 0.2) is 8.07 Å². The van der Waals surface area contributed by atoms with Crippen LogP contribution in [0.3, 0.4) is 0 Å². The number of furan rings is 1. The second kappa shape index (κ2) is 12.9. The minimum atomic E-state index is -2.86. The van der Waals surface area contributed by atoms with E-state index < -0.39 is 8.07 Å². The lowest BCUT2D eigenvalue weighted by atomic mass is 9.43. The Labute approximate surface area is 407 Å². The molecule has 0 amide bonds. The number of hydrogen-bond donors (Lipinski definition) is 0. The summed E-state index contributed by atoms with van der Waals surface area (Å²) in [4.78, 5) is 5.47. The first-order valence-corrected chi connectivity index (χ1v) is 27.6. The number of rotatable bonds is 1. The molecule has 0 bridgehead atoms. The van der Waals surface area contributed by atoms with Crippen molar-refractivity contribution in [3.05, 3.63) is 187 Å². The van der Waals surface area contributed by atoms with Crippen molar-refractivity contribution in [3.63, 3.8) is 0 Å². The summed E-state index contributed by atoms with van der Waals surface area (Å²) in [5, 5.41) is 11.0. The van der Waals surface area contributed by atoms with Crippen molar-refractivity contribution in [1.29, 1.82) is 0 Å². The summed E-state index contributed by atoms with van der Waals surface area (Å²) in [6.07, 6.45) is 2.34. The zero-order chi connectivity index (χ0) is 45.9. The van der Waals surface area contributed by atoms with E-state index in [9.17, 15) is 0 Å². The summed E-state index contributed by atoms with van der Waals surface area (Å²) in [6, 6.07) is 66.0. The van der Waals surface area contributed by atoms with E-state index in [1.54, 1.807) is 0 Å². The maximum atomic E-state index is 6.88. The van der Waals surface area contributed by atoms with Gasteiger partial charge in [-0.25, -0.2) is 0 Å². The third-order valence-corrected chi connectivity index (χ3v) is 23.4. The van der Waals surface area contributed by atoms with Crippen LogP contribution < -0.4 is 41.4 Å². The zero-order valence-corrected chi connectivity index (χ0v) is 41.2. The molecule has 328 valence electrons.